The first-order valence-corrected chi connectivity index (χ1v) is 3.99. The number of anilines is 1. The van der Waals surface area contributed by atoms with E-state index in [1.54, 1.807) is 6.92 Å². The SMILES string of the molecule is CC(=O)c1c(C)ccc([N+](=O)[O-])c1N. The van der Waals surface area contributed by atoms with E-state index in [9.17, 15) is 14.9 Å². The number of Topliss-reactive ketones (excluding diaryl/α,β-unsaturated/α-hetero) is 1. The Morgan fingerprint density at radius 1 is 1.50 bits per heavy atom. The first-order chi connectivity index (χ1) is 6.45. The van der Waals surface area contributed by atoms with Crippen LogP contribution in [0.1, 0.15) is 22.8 Å². The lowest BCUT2D eigenvalue weighted by Gasteiger charge is -2.05. The van der Waals surface area contributed by atoms with Crippen LogP contribution >= 0.6 is 0 Å². The van der Waals surface area contributed by atoms with Gasteiger partial charge in [0.25, 0.3) is 5.69 Å². The highest BCUT2D eigenvalue weighted by Crippen LogP contribution is 2.27. The zero-order valence-electron chi connectivity index (χ0n) is 7.90. The fourth-order valence-corrected chi connectivity index (χ4v) is 1.34. The largest absolute Gasteiger partial charge is 0.393 e. The summed E-state index contributed by atoms with van der Waals surface area (Å²) in [5.41, 5.74) is 6.14. The van der Waals surface area contributed by atoms with Crippen molar-refractivity contribution >= 4 is 17.2 Å². The quantitative estimate of drug-likeness (QED) is 0.336. The lowest BCUT2D eigenvalue weighted by molar-refractivity contribution is -0.383. The van der Waals surface area contributed by atoms with E-state index >= 15 is 0 Å². The Morgan fingerprint density at radius 3 is 2.50 bits per heavy atom. The summed E-state index contributed by atoms with van der Waals surface area (Å²) in [7, 11) is 0. The Labute approximate surface area is 80.7 Å². The highest BCUT2D eigenvalue weighted by atomic mass is 16.6. The number of hydrogen-bond donors (Lipinski definition) is 1. The Hall–Kier alpha value is -1.91. The molecule has 14 heavy (non-hydrogen) atoms. The zero-order chi connectivity index (χ0) is 10.9. The van der Waals surface area contributed by atoms with Crippen LogP contribution in [0.2, 0.25) is 0 Å². The van der Waals surface area contributed by atoms with Gasteiger partial charge in [-0.05, 0) is 19.4 Å². The number of nitrogens with two attached hydrogens (primary N) is 1. The molecule has 0 atom stereocenters. The van der Waals surface area contributed by atoms with Crippen LogP contribution in [0.15, 0.2) is 12.1 Å². The second-order valence-corrected chi connectivity index (χ2v) is 3.00. The van der Waals surface area contributed by atoms with E-state index in [4.69, 9.17) is 5.73 Å². The van der Waals surface area contributed by atoms with Gasteiger partial charge in [0.2, 0.25) is 0 Å². The summed E-state index contributed by atoms with van der Waals surface area (Å²) in [4.78, 5) is 21.1. The van der Waals surface area contributed by atoms with Crippen molar-refractivity contribution in [2.24, 2.45) is 0 Å². The van der Waals surface area contributed by atoms with E-state index < -0.39 is 4.92 Å². The standard InChI is InChI=1S/C9H10N2O3/c1-5-3-4-7(11(13)14)9(10)8(5)6(2)12/h3-4H,10H2,1-2H3. The van der Waals surface area contributed by atoms with Crippen LogP contribution in [-0.4, -0.2) is 10.7 Å². The van der Waals surface area contributed by atoms with Gasteiger partial charge in [-0.1, -0.05) is 6.07 Å². The van der Waals surface area contributed by atoms with Gasteiger partial charge in [-0.15, -0.1) is 0 Å². The summed E-state index contributed by atoms with van der Waals surface area (Å²) in [5, 5.41) is 10.5. The molecule has 0 heterocycles. The molecule has 0 radical (unpaired) electrons. The first kappa shape index (κ1) is 10.2. The van der Waals surface area contributed by atoms with Gasteiger partial charge in [-0.25, -0.2) is 0 Å². The molecule has 5 nitrogen and oxygen atoms in total. The predicted octanol–water partition coefficient (Wildman–Crippen LogP) is 1.69. The smallest absolute Gasteiger partial charge is 0.292 e. The molecule has 74 valence electrons. The maximum atomic E-state index is 11.2. The molecule has 0 bridgehead atoms. The third-order valence-electron chi connectivity index (χ3n) is 1.98. The molecule has 0 fully saturated rings. The van der Waals surface area contributed by atoms with Crippen molar-refractivity contribution in [3.05, 3.63) is 33.4 Å². The second kappa shape index (κ2) is 3.45. The van der Waals surface area contributed by atoms with Crippen LogP contribution < -0.4 is 5.73 Å². The summed E-state index contributed by atoms with van der Waals surface area (Å²) in [6, 6.07) is 2.82. The van der Waals surface area contributed by atoms with E-state index in [1.807, 2.05) is 0 Å². The molecule has 5 heteroatoms. The van der Waals surface area contributed by atoms with Gasteiger partial charge in [0, 0.05) is 6.07 Å². The Morgan fingerprint density at radius 2 is 2.07 bits per heavy atom. The van der Waals surface area contributed by atoms with E-state index in [0.29, 0.717) is 5.56 Å². The monoisotopic (exact) mass is 194 g/mol. The number of nitrogen functional groups attached to an aromatic ring is 1. The number of carbonyl (C=O) groups is 1. The molecule has 0 aromatic heterocycles. The molecule has 0 unspecified atom stereocenters. The molecule has 0 amide bonds. The lowest BCUT2D eigenvalue weighted by atomic mass is 10.0. The fourth-order valence-electron chi connectivity index (χ4n) is 1.34. The van der Waals surface area contributed by atoms with E-state index in [-0.39, 0.29) is 22.7 Å². The van der Waals surface area contributed by atoms with Crippen molar-refractivity contribution < 1.29 is 9.72 Å². The van der Waals surface area contributed by atoms with E-state index in [2.05, 4.69) is 0 Å². The van der Waals surface area contributed by atoms with Crippen molar-refractivity contribution in [2.45, 2.75) is 13.8 Å². The van der Waals surface area contributed by atoms with Gasteiger partial charge < -0.3 is 5.73 Å². The van der Waals surface area contributed by atoms with Crippen molar-refractivity contribution in [1.29, 1.82) is 0 Å². The highest BCUT2D eigenvalue weighted by Gasteiger charge is 2.18. The molecule has 0 aliphatic carbocycles. The zero-order valence-corrected chi connectivity index (χ0v) is 7.90. The van der Waals surface area contributed by atoms with Crippen LogP contribution in [0.25, 0.3) is 0 Å². The van der Waals surface area contributed by atoms with Crippen molar-refractivity contribution in [1.82, 2.24) is 0 Å². The fraction of sp³-hybridized carbons (Fsp3) is 0.222. The Bertz CT molecular complexity index is 413. The van der Waals surface area contributed by atoms with E-state index in [1.165, 1.54) is 19.1 Å². The predicted molar refractivity (Wildman–Crippen MR) is 52.3 cm³/mol. The van der Waals surface area contributed by atoms with Gasteiger partial charge in [-0.3, -0.25) is 14.9 Å². The number of aryl methyl sites for hydroxylation is 1. The summed E-state index contributed by atoms with van der Waals surface area (Å²) < 4.78 is 0. The van der Waals surface area contributed by atoms with Gasteiger partial charge >= 0.3 is 0 Å². The number of nitro benzene ring substituents is 1. The number of hydrogen-bond acceptors (Lipinski definition) is 4. The minimum atomic E-state index is -0.596. The third-order valence-corrected chi connectivity index (χ3v) is 1.98. The summed E-state index contributed by atoms with van der Waals surface area (Å²) in [6.45, 7) is 3.03. The second-order valence-electron chi connectivity index (χ2n) is 3.00. The lowest BCUT2D eigenvalue weighted by Crippen LogP contribution is -2.05. The molecule has 2 N–H and O–H groups in total. The van der Waals surface area contributed by atoms with Crippen molar-refractivity contribution in [3.8, 4) is 0 Å². The maximum absolute atomic E-state index is 11.2. The van der Waals surface area contributed by atoms with Crippen molar-refractivity contribution in [3.63, 3.8) is 0 Å². The number of rotatable bonds is 2. The number of nitro groups is 1. The molecule has 0 aliphatic rings. The number of carbonyl (C=O) groups excluding carboxylic acids is 1. The van der Waals surface area contributed by atoms with Crippen molar-refractivity contribution in [2.75, 3.05) is 5.73 Å². The summed E-state index contributed by atoms with van der Waals surface area (Å²) in [6.07, 6.45) is 0. The van der Waals surface area contributed by atoms with Gasteiger partial charge in [0.1, 0.15) is 5.69 Å². The van der Waals surface area contributed by atoms with Crippen LogP contribution in [0, 0.1) is 17.0 Å². The van der Waals surface area contributed by atoms with E-state index in [0.717, 1.165) is 0 Å². The molecule has 1 aromatic carbocycles. The van der Waals surface area contributed by atoms with Crippen LogP contribution in [0.4, 0.5) is 11.4 Å². The Kier molecular flexibility index (Phi) is 2.51. The van der Waals surface area contributed by atoms with Gasteiger partial charge in [0.05, 0.1) is 10.5 Å². The molecule has 0 saturated carbocycles. The summed E-state index contributed by atoms with van der Waals surface area (Å²) >= 11 is 0. The topological polar surface area (TPSA) is 86.2 Å². The number of benzene rings is 1. The normalized spacial score (nSPS) is 9.86. The van der Waals surface area contributed by atoms with Gasteiger partial charge in [-0.2, -0.15) is 0 Å². The Balaban J connectivity index is 3.49. The van der Waals surface area contributed by atoms with Crippen LogP contribution in [-0.2, 0) is 0 Å². The molecule has 0 saturated heterocycles. The van der Waals surface area contributed by atoms with Crippen LogP contribution in [0.3, 0.4) is 0 Å². The minimum Gasteiger partial charge on any atom is -0.393 e. The average molecular weight is 194 g/mol. The molecular formula is C9H10N2O3. The average Bonchev–Trinajstić information content (AvgIpc) is 2.02. The molecule has 0 spiro atoms. The molecular weight excluding hydrogens is 184 g/mol. The summed E-state index contributed by atoms with van der Waals surface area (Å²) in [5.74, 6) is -0.260. The first-order valence-electron chi connectivity index (χ1n) is 3.99. The molecule has 1 aromatic rings. The molecule has 1 rings (SSSR count). The third kappa shape index (κ3) is 1.56. The number of nitrogens with zero attached hydrogens (tertiary/aromatic N) is 1. The highest BCUT2D eigenvalue weighted by molar-refractivity contribution is 6.02. The number of ketones is 1. The maximum Gasteiger partial charge on any atom is 0.292 e. The molecule has 0 aliphatic heterocycles. The minimum absolute atomic E-state index is 0.0532. The van der Waals surface area contributed by atoms with Crippen LogP contribution in [0.5, 0.6) is 0 Å². The van der Waals surface area contributed by atoms with Gasteiger partial charge in [0.15, 0.2) is 5.78 Å².